The van der Waals surface area contributed by atoms with Gasteiger partial charge in [-0.25, -0.2) is 0 Å². The molecule has 3 rings (SSSR count). The third kappa shape index (κ3) is 2.81. The van der Waals surface area contributed by atoms with Crippen LogP contribution in [0.25, 0.3) is 5.03 Å². The van der Waals surface area contributed by atoms with E-state index in [-0.39, 0.29) is 0 Å². The number of hydrogen-bond acceptors (Lipinski definition) is 0. The summed E-state index contributed by atoms with van der Waals surface area (Å²) in [6.07, 6.45) is 5.39. The molecule has 2 saturated carbocycles. The van der Waals surface area contributed by atoms with Crippen LogP contribution in [0.3, 0.4) is 0 Å². The third-order valence-corrected chi connectivity index (χ3v) is 4.26. The van der Waals surface area contributed by atoms with Gasteiger partial charge in [0.1, 0.15) is 0 Å². The molecule has 86 valence electrons. The first-order chi connectivity index (χ1) is 7.62. The fourth-order valence-electron chi connectivity index (χ4n) is 2.28. The maximum absolute atomic E-state index is 6.04. The molecule has 0 nitrogen and oxygen atoms in total. The average Bonchev–Trinajstić information content (AvgIpc) is 2.79. The highest BCUT2D eigenvalue weighted by atomic mass is 35.5. The Morgan fingerprint density at radius 3 is 2.25 bits per heavy atom. The predicted octanol–water partition coefficient (Wildman–Crippen LogP) is 5.06. The zero-order chi connectivity index (χ0) is 11.6. The fraction of sp³-hybridized carbons (Fsp3) is 0.429. The molecule has 0 aliphatic heterocycles. The number of benzene rings is 1. The van der Waals surface area contributed by atoms with E-state index in [4.69, 9.17) is 23.2 Å². The SMILES string of the molecule is C=C(Cl)c1ccccc1.ClC12CCCC1C2. The second kappa shape index (κ2) is 4.81. The minimum atomic E-state index is 0.333. The zero-order valence-corrected chi connectivity index (χ0v) is 10.8. The molecule has 1 aromatic rings. The van der Waals surface area contributed by atoms with Crippen LogP contribution in [0, 0.1) is 5.92 Å². The van der Waals surface area contributed by atoms with Gasteiger partial charge in [-0.15, -0.1) is 11.6 Å². The average molecular weight is 255 g/mol. The first-order valence-electron chi connectivity index (χ1n) is 5.70. The van der Waals surface area contributed by atoms with Crippen LogP contribution in [0.1, 0.15) is 31.2 Å². The molecule has 16 heavy (non-hydrogen) atoms. The first kappa shape index (κ1) is 12.0. The lowest BCUT2D eigenvalue weighted by Crippen LogP contribution is -1.91. The number of rotatable bonds is 1. The molecule has 2 fully saturated rings. The highest BCUT2D eigenvalue weighted by Gasteiger charge is 2.55. The van der Waals surface area contributed by atoms with Crippen LogP contribution in [-0.2, 0) is 0 Å². The molecule has 0 spiro atoms. The first-order valence-corrected chi connectivity index (χ1v) is 6.46. The largest absolute Gasteiger partial charge is 0.119 e. The zero-order valence-electron chi connectivity index (χ0n) is 9.26. The summed E-state index contributed by atoms with van der Waals surface area (Å²) in [4.78, 5) is 0.333. The van der Waals surface area contributed by atoms with Gasteiger partial charge in [0, 0.05) is 9.91 Å². The van der Waals surface area contributed by atoms with Crippen molar-refractivity contribution in [3.05, 3.63) is 42.5 Å². The minimum absolute atomic E-state index is 0.333. The molecule has 2 aliphatic rings. The molecule has 0 amide bonds. The van der Waals surface area contributed by atoms with Crippen LogP contribution in [0.4, 0.5) is 0 Å². The van der Waals surface area contributed by atoms with Crippen molar-refractivity contribution in [1.82, 2.24) is 0 Å². The van der Waals surface area contributed by atoms with Crippen molar-refractivity contribution < 1.29 is 0 Å². The van der Waals surface area contributed by atoms with Gasteiger partial charge in [-0.2, -0.15) is 0 Å². The Bertz CT molecular complexity index is 370. The van der Waals surface area contributed by atoms with Crippen molar-refractivity contribution in [3.63, 3.8) is 0 Å². The van der Waals surface area contributed by atoms with Crippen molar-refractivity contribution >= 4 is 28.2 Å². The summed E-state index contributed by atoms with van der Waals surface area (Å²) < 4.78 is 0. The van der Waals surface area contributed by atoms with Crippen LogP contribution in [0.15, 0.2) is 36.9 Å². The monoisotopic (exact) mass is 254 g/mol. The molecule has 2 atom stereocenters. The van der Waals surface area contributed by atoms with Gasteiger partial charge in [0.05, 0.1) is 0 Å². The molecule has 1 aromatic carbocycles. The molecule has 0 saturated heterocycles. The molecule has 0 aromatic heterocycles. The van der Waals surface area contributed by atoms with Crippen molar-refractivity contribution in [2.45, 2.75) is 30.6 Å². The maximum Gasteiger partial charge on any atom is 0.0478 e. The standard InChI is InChI=1S/C8H7Cl.C6H9Cl/c1-7(9)8-5-3-2-4-6-8;7-6-3-1-2-5(6)4-6/h2-6H,1H2;5H,1-4H2. The van der Waals surface area contributed by atoms with Crippen molar-refractivity contribution in [3.8, 4) is 0 Å². The molecular weight excluding hydrogens is 239 g/mol. The van der Waals surface area contributed by atoms with Gasteiger partial charge in [0.2, 0.25) is 0 Å². The Morgan fingerprint density at radius 1 is 1.31 bits per heavy atom. The number of alkyl halides is 1. The second-order valence-electron chi connectivity index (χ2n) is 4.60. The molecule has 2 unspecified atom stereocenters. The molecular formula is C14H16Cl2. The topological polar surface area (TPSA) is 0 Å². The van der Waals surface area contributed by atoms with Gasteiger partial charge < -0.3 is 0 Å². The second-order valence-corrected chi connectivity index (χ2v) is 5.81. The molecule has 2 heteroatoms. The summed E-state index contributed by atoms with van der Waals surface area (Å²) in [5, 5.41) is 0.593. The summed E-state index contributed by atoms with van der Waals surface area (Å²) in [5.74, 6) is 0.925. The van der Waals surface area contributed by atoms with Crippen LogP contribution in [0.5, 0.6) is 0 Å². The Hall–Kier alpha value is -0.460. The van der Waals surface area contributed by atoms with Gasteiger partial charge in [-0.1, -0.05) is 54.9 Å². The summed E-state index contributed by atoms with van der Waals surface area (Å²) in [6, 6.07) is 9.67. The van der Waals surface area contributed by atoms with Crippen LogP contribution < -0.4 is 0 Å². The van der Waals surface area contributed by atoms with Crippen molar-refractivity contribution in [2.75, 3.05) is 0 Å². The number of halogens is 2. The maximum atomic E-state index is 6.04. The number of hydrogen-bond donors (Lipinski definition) is 0. The van der Waals surface area contributed by atoms with E-state index in [1.807, 2.05) is 30.3 Å². The molecule has 0 radical (unpaired) electrons. The van der Waals surface area contributed by atoms with Crippen LogP contribution >= 0.6 is 23.2 Å². The Kier molecular flexibility index (Phi) is 3.61. The molecule has 0 heterocycles. The Morgan fingerprint density at radius 2 is 2.00 bits per heavy atom. The van der Waals surface area contributed by atoms with Gasteiger partial charge >= 0.3 is 0 Å². The summed E-state index contributed by atoms with van der Waals surface area (Å²) >= 11 is 11.7. The quantitative estimate of drug-likeness (QED) is 0.615. The van der Waals surface area contributed by atoms with Gasteiger partial charge in [-0.05, 0) is 30.7 Å². The summed E-state index contributed by atoms with van der Waals surface area (Å²) in [6.45, 7) is 3.59. The van der Waals surface area contributed by atoms with E-state index in [0.29, 0.717) is 9.91 Å². The van der Waals surface area contributed by atoms with E-state index in [2.05, 4.69) is 6.58 Å². The lowest BCUT2D eigenvalue weighted by atomic mass is 10.2. The molecule has 0 N–H and O–H groups in total. The summed E-state index contributed by atoms with van der Waals surface area (Å²) in [7, 11) is 0. The van der Waals surface area contributed by atoms with E-state index >= 15 is 0 Å². The predicted molar refractivity (Wildman–Crippen MR) is 71.9 cm³/mol. The lowest BCUT2D eigenvalue weighted by Gasteiger charge is -1.93. The van der Waals surface area contributed by atoms with Crippen molar-refractivity contribution in [1.29, 1.82) is 0 Å². The molecule has 2 aliphatic carbocycles. The van der Waals surface area contributed by atoms with Crippen LogP contribution in [0.2, 0.25) is 0 Å². The highest BCUT2D eigenvalue weighted by Crippen LogP contribution is 2.60. The van der Waals surface area contributed by atoms with Crippen molar-refractivity contribution in [2.24, 2.45) is 5.92 Å². The third-order valence-electron chi connectivity index (χ3n) is 3.39. The Balaban J connectivity index is 0.000000123. The van der Waals surface area contributed by atoms with E-state index in [1.165, 1.54) is 25.7 Å². The smallest absolute Gasteiger partial charge is 0.0478 e. The normalized spacial score (nSPS) is 30.0. The van der Waals surface area contributed by atoms with E-state index in [0.717, 1.165) is 11.5 Å². The van der Waals surface area contributed by atoms with E-state index < -0.39 is 0 Å². The van der Waals surface area contributed by atoms with Gasteiger partial charge in [0.15, 0.2) is 0 Å². The number of fused-ring (bicyclic) bond motifs is 1. The van der Waals surface area contributed by atoms with Gasteiger partial charge in [0.25, 0.3) is 0 Å². The minimum Gasteiger partial charge on any atom is -0.119 e. The summed E-state index contributed by atoms with van der Waals surface area (Å²) in [5.41, 5.74) is 0.985. The van der Waals surface area contributed by atoms with E-state index in [9.17, 15) is 0 Å². The fourth-order valence-corrected chi connectivity index (χ4v) is 2.83. The lowest BCUT2D eigenvalue weighted by molar-refractivity contribution is 0.741. The van der Waals surface area contributed by atoms with E-state index in [1.54, 1.807) is 0 Å². The highest BCUT2D eigenvalue weighted by molar-refractivity contribution is 6.48. The Labute approximate surface area is 107 Å². The van der Waals surface area contributed by atoms with Gasteiger partial charge in [-0.3, -0.25) is 0 Å². The molecule has 0 bridgehead atoms. The van der Waals surface area contributed by atoms with Crippen LogP contribution in [-0.4, -0.2) is 4.87 Å².